The van der Waals surface area contributed by atoms with Crippen LogP contribution in [0, 0.1) is 11.8 Å². The molecular weight excluding hydrogens is 522 g/mol. The van der Waals surface area contributed by atoms with Crippen molar-refractivity contribution in [1.29, 1.82) is 0 Å². The van der Waals surface area contributed by atoms with Gasteiger partial charge in [-0.3, -0.25) is 4.79 Å². The summed E-state index contributed by atoms with van der Waals surface area (Å²) in [6.45, 7) is 3.45. The summed E-state index contributed by atoms with van der Waals surface area (Å²) >= 11 is 12.2. The van der Waals surface area contributed by atoms with E-state index in [1.807, 2.05) is 13.0 Å². The van der Waals surface area contributed by atoms with Gasteiger partial charge in [0, 0.05) is 11.6 Å². The van der Waals surface area contributed by atoms with Gasteiger partial charge in [-0.25, -0.2) is 4.79 Å². The van der Waals surface area contributed by atoms with E-state index in [0.29, 0.717) is 17.5 Å². The number of halogens is 5. The normalized spacial score (nSPS) is 16.1. The second-order valence-electron chi connectivity index (χ2n) is 8.44. The molecule has 0 spiro atoms. The molecule has 3 N–H and O–H groups in total. The Hall–Kier alpha value is -2.49. The average molecular weight is 550 g/mol. The fourth-order valence-corrected chi connectivity index (χ4v) is 4.27. The highest BCUT2D eigenvalue weighted by molar-refractivity contribution is 6.33. The van der Waals surface area contributed by atoms with Crippen molar-refractivity contribution in [3.63, 3.8) is 0 Å². The van der Waals surface area contributed by atoms with E-state index in [0.717, 1.165) is 31.7 Å². The number of benzene rings is 2. The van der Waals surface area contributed by atoms with Gasteiger partial charge in [0.25, 0.3) is 0 Å². The van der Waals surface area contributed by atoms with E-state index in [1.54, 1.807) is 12.1 Å². The largest absolute Gasteiger partial charge is 0.503 e. The zero-order valence-electron chi connectivity index (χ0n) is 19.7. The van der Waals surface area contributed by atoms with Crippen LogP contribution in [0.3, 0.4) is 0 Å². The first-order valence-electron chi connectivity index (χ1n) is 11.3. The van der Waals surface area contributed by atoms with E-state index in [9.17, 15) is 18.0 Å². The summed E-state index contributed by atoms with van der Waals surface area (Å²) in [5, 5.41) is 17.2. The number of ether oxygens (including phenoxy) is 1. The molecule has 36 heavy (non-hydrogen) atoms. The number of hydrogen-bond acceptors (Lipinski definition) is 3. The molecule has 0 saturated heterocycles. The van der Waals surface area contributed by atoms with Crippen LogP contribution in [0.5, 0.6) is 0 Å². The van der Waals surface area contributed by atoms with Crippen LogP contribution in [-0.4, -0.2) is 35.1 Å². The van der Waals surface area contributed by atoms with Gasteiger partial charge < -0.3 is 20.3 Å². The molecule has 1 amide bonds. The lowest BCUT2D eigenvalue weighted by Crippen LogP contribution is -2.34. The van der Waals surface area contributed by atoms with Crippen LogP contribution in [0.15, 0.2) is 42.5 Å². The molecule has 1 unspecified atom stereocenters. The number of rotatable bonds is 8. The number of carbonyl (C=O) groups is 2. The van der Waals surface area contributed by atoms with Crippen LogP contribution in [-0.2, 0) is 9.53 Å². The first-order valence-corrected chi connectivity index (χ1v) is 12.1. The fraction of sp³-hybridized carbons (Fsp3) is 0.440. The van der Waals surface area contributed by atoms with Crippen molar-refractivity contribution < 1.29 is 37.7 Å². The number of hydrogen-bond donors (Lipinski definition) is 3. The minimum absolute atomic E-state index is 0.136. The summed E-state index contributed by atoms with van der Waals surface area (Å²) in [6.07, 6.45) is -3.28. The fourth-order valence-electron chi connectivity index (χ4n) is 3.98. The van der Waals surface area contributed by atoms with Gasteiger partial charge in [-0.2, -0.15) is 13.2 Å². The van der Waals surface area contributed by atoms with Crippen molar-refractivity contribution in [3.8, 4) is 0 Å². The summed E-state index contributed by atoms with van der Waals surface area (Å²) in [4.78, 5) is 21.7. The average Bonchev–Trinajstić information content (AvgIpc) is 2.74. The Morgan fingerprint density at radius 3 is 2.11 bits per heavy atom. The molecule has 0 heterocycles. The molecule has 0 radical (unpaired) electrons. The van der Waals surface area contributed by atoms with Crippen LogP contribution in [0.2, 0.25) is 10.0 Å². The SMILES string of the molecule is CCOC(c1ccc(Cl)c(NC(=O)[C@H](c2ccc(Cl)cc2)[C@@H](C)C(F)(F)F)c1)C1CCC1.O=C(O)O. The van der Waals surface area contributed by atoms with E-state index in [-0.39, 0.29) is 22.4 Å². The van der Waals surface area contributed by atoms with Crippen LogP contribution >= 0.6 is 23.2 Å². The number of amides is 1. The summed E-state index contributed by atoms with van der Waals surface area (Å²) in [5.74, 6) is -3.77. The van der Waals surface area contributed by atoms with Gasteiger partial charge in [0.05, 0.1) is 28.6 Å². The van der Waals surface area contributed by atoms with Crippen LogP contribution in [0.1, 0.15) is 56.3 Å². The quantitative estimate of drug-likeness (QED) is 0.309. The summed E-state index contributed by atoms with van der Waals surface area (Å²) in [7, 11) is 0. The molecular formula is C25H28Cl2F3NO5. The zero-order valence-corrected chi connectivity index (χ0v) is 21.2. The number of carboxylic acid groups (broad SMARTS) is 2. The standard InChI is InChI=1S/C24H26Cl2F3NO2.CH2O3/c1-3-32-22(16-5-4-6-16)17-9-12-19(26)20(13-17)30-23(31)21(14(2)24(27,28)29)15-7-10-18(25)11-8-15;2-1(3)4/h7-14,16,21-22H,3-6H2,1-2H3,(H,30,31);(H2,2,3,4)/t14-,21+,22?;/m1./s1. The Balaban J connectivity index is 0.00000106. The minimum atomic E-state index is -4.56. The monoisotopic (exact) mass is 549 g/mol. The smallest absolute Gasteiger partial charge is 0.450 e. The number of carbonyl (C=O) groups excluding carboxylic acids is 1. The molecule has 1 saturated carbocycles. The lowest BCUT2D eigenvalue weighted by molar-refractivity contribution is -0.178. The number of nitrogens with one attached hydrogen (secondary N) is 1. The van der Waals surface area contributed by atoms with Crippen LogP contribution in [0.25, 0.3) is 0 Å². The third kappa shape index (κ3) is 8.28. The molecule has 3 rings (SSSR count). The Morgan fingerprint density at radius 1 is 1.08 bits per heavy atom. The molecule has 0 aromatic heterocycles. The Bertz CT molecular complexity index is 1030. The van der Waals surface area contributed by atoms with Crippen LogP contribution in [0.4, 0.5) is 23.7 Å². The van der Waals surface area contributed by atoms with Crippen molar-refractivity contribution in [2.24, 2.45) is 11.8 Å². The Morgan fingerprint density at radius 2 is 1.64 bits per heavy atom. The zero-order chi connectivity index (χ0) is 27.0. The van der Waals surface area contributed by atoms with Crippen molar-refractivity contribution in [2.75, 3.05) is 11.9 Å². The lowest BCUT2D eigenvalue weighted by Gasteiger charge is -2.34. The van der Waals surface area contributed by atoms with Gasteiger partial charge in [0.15, 0.2) is 0 Å². The minimum Gasteiger partial charge on any atom is -0.450 e. The molecule has 1 fully saturated rings. The van der Waals surface area contributed by atoms with E-state index in [2.05, 4.69) is 5.32 Å². The van der Waals surface area contributed by atoms with E-state index in [4.69, 9.17) is 42.9 Å². The van der Waals surface area contributed by atoms with Gasteiger partial charge in [-0.05, 0) is 61.1 Å². The van der Waals surface area contributed by atoms with E-state index < -0.39 is 30.1 Å². The molecule has 2 aromatic carbocycles. The second kappa shape index (κ2) is 13.2. The Kier molecular flexibility index (Phi) is 10.9. The predicted octanol–water partition coefficient (Wildman–Crippen LogP) is 8.01. The first-order chi connectivity index (χ1) is 16.8. The predicted molar refractivity (Wildman–Crippen MR) is 132 cm³/mol. The summed E-state index contributed by atoms with van der Waals surface area (Å²) < 4.78 is 46.7. The maximum Gasteiger partial charge on any atom is 0.503 e. The molecule has 11 heteroatoms. The molecule has 2 aromatic rings. The van der Waals surface area contributed by atoms with Crippen molar-refractivity contribution >= 4 is 41.0 Å². The van der Waals surface area contributed by atoms with Crippen molar-refractivity contribution in [3.05, 3.63) is 63.6 Å². The first kappa shape index (κ1) is 29.7. The van der Waals surface area contributed by atoms with Gasteiger partial charge in [-0.1, -0.05) is 54.7 Å². The topological polar surface area (TPSA) is 95.9 Å². The molecule has 198 valence electrons. The van der Waals surface area contributed by atoms with Crippen molar-refractivity contribution in [1.82, 2.24) is 0 Å². The summed E-state index contributed by atoms with van der Waals surface area (Å²) in [5.41, 5.74) is 1.35. The highest BCUT2D eigenvalue weighted by Crippen LogP contribution is 2.42. The second-order valence-corrected chi connectivity index (χ2v) is 9.28. The van der Waals surface area contributed by atoms with Gasteiger partial charge in [-0.15, -0.1) is 0 Å². The van der Waals surface area contributed by atoms with E-state index in [1.165, 1.54) is 24.3 Å². The van der Waals surface area contributed by atoms with Gasteiger partial charge >= 0.3 is 12.3 Å². The maximum absolute atomic E-state index is 13.6. The highest BCUT2D eigenvalue weighted by atomic mass is 35.5. The van der Waals surface area contributed by atoms with E-state index >= 15 is 0 Å². The number of alkyl halides is 3. The van der Waals surface area contributed by atoms with Crippen LogP contribution < -0.4 is 5.32 Å². The molecule has 3 atom stereocenters. The molecule has 0 aliphatic heterocycles. The Labute approximate surface area is 217 Å². The lowest BCUT2D eigenvalue weighted by atomic mass is 9.78. The molecule has 6 nitrogen and oxygen atoms in total. The van der Waals surface area contributed by atoms with Gasteiger partial charge in [0.2, 0.25) is 5.91 Å². The third-order valence-corrected chi connectivity index (χ3v) is 6.61. The molecule has 0 bridgehead atoms. The van der Waals surface area contributed by atoms with Gasteiger partial charge in [0.1, 0.15) is 0 Å². The highest BCUT2D eigenvalue weighted by Gasteiger charge is 2.45. The number of anilines is 1. The van der Waals surface area contributed by atoms with Crippen molar-refractivity contribution in [2.45, 2.75) is 51.3 Å². The molecule has 1 aliphatic carbocycles. The third-order valence-electron chi connectivity index (χ3n) is 6.03. The summed E-state index contributed by atoms with van der Waals surface area (Å²) in [6, 6.07) is 11.0. The maximum atomic E-state index is 13.6. The molecule has 1 aliphatic rings.